The number of halogens is 2. The molecule has 2 rings (SSSR count). The van der Waals surface area contributed by atoms with E-state index < -0.39 is 17.6 Å². The molecule has 0 radical (unpaired) electrons. The van der Waals surface area contributed by atoms with Crippen molar-refractivity contribution in [3.8, 4) is 11.5 Å². The number of phenolic OH excluding ortho intramolecular Hbond substituents is 1. The standard InChI is InChI=1S/C17H16F2O4/c18-13-6-7-14(19)16(9-13)23-10-11-4-5-12(15(20)8-11)2-1-3-17(21)22/h4-9,20H,1-3,10H2,(H,21,22). The van der Waals surface area contributed by atoms with Crippen molar-refractivity contribution in [2.75, 3.05) is 0 Å². The smallest absolute Gasteiger partial charge is 0.303 e. The first-order chi connectivity index (χ1) is 11.0. The molecule has 0 heterocycles. The highest BCUT2D eigenvalue weighted by molar-refractivity contribution is 5.66. The zero-order chi connectivity index (χ0) is 16.8. The summed E-state index contributed by atoms with van der Waals surface area (Å²) in [6, 6.07) is 7.75. The summed E-state index contributed by atoms with van der Waals surface area (Å²) in [5.74, 6) is -2.32. The van der Waals surface area contributed by atoms with E-state index >= 15 is 0 Å². The average Bonchev–Trinajstić information content (AvgIpc) is 2.50. The van der Waals surface area contributed by atoms with Gasteiger partial charge in [0, 0.05) is 12.5 Å². The number of carboxylic acid groups (broad SMARTS) is 1. The number of hydrogen-bond acceptors (Lipinski definition) is 3. The highest BCUT2D eigenvalue weighted by Crippen LogP contribution is 2.23. The predicted molar refractivity (Wildman–Crippen MR) is 79.4 cm³/mol. The maximum Gasteiger partial charge on any atom is 0.303 e. The molecule has 0 aliphatic carbocycles. The third-order valence-corrected chi connectivity index (χ3v) is 3.27. The molecule has 2 N–H and O–H groups in total. The van der Waals surface area contributed by atoms with Gasteiger partial charge >= 0.3 is 5.97 Å². The van der Waals surface area contributed by atoms with Gasteiger partial charge in [0.2, 0.25) is 0 Å². The van der Waals surface area contributed by atoms with Crippen molar-refractivity contribution in [3.05, 3.63) is 59.2 Å². The fourth-order valence-electron chi connectivity index (χ4n) is 2.09. The minimum atomic E-state index is -0.883. The summed E-state index contributed by atoms with van der Waals surface area (Å²) >= 11 is 0. The Morgan fingerprint density at radius 3 is 2.61 bits per heavy atom. The van der Waals surface area contributed by atoms with Crippen LogP contribution >= 0.6 is 0 Å². The monoisotopic (exact) mass is 322 g/mol. The number of aliphatic carboxylic acids is 1. The van der Waals surface area contributed by atoms with Gasteiger partial charge in [0.15, 0.2) is 11.6 Å². The highest BCUT2D eigenvalue weighted by Gasteiger charge is 2.08. The first-order valence-electron chi connectivity index (χ1n) is 7.06. The van der Waals surface area contributed by atoms with Crippen LogP contribution in [0.1, 0.15) is 24.0 Å². The van der Waals surface area contributed by atoms with Crippen LogP contribution in [0, 0.1) is 11.6 Å². The van der Waals surface area contributed by atoms with Crippen molar-refractivity contribution in [1.29, 1.82) is 0 Å². The predicted octanol–water partition coefficient (Wildman–Crippen LogP) is 3.66. The fraction of sp³-hybridized carbons (Fsp3) is 0.235. The summed E-state index contributed by atoms with van der Waals surface area (Å²) in [5, 5.41) is 18.5. The second-order valence-corrected chi connectivity index (χ2v) is 5.07. The van der Waals surface area contributed by atoms with E-state index in [4.69, 9.17) is 9.84 Å². The van der Waals surface area contributed by atoms with Gasteiger partial charge in [-0.05, 0) is 42.2 Å². The van der Waals surface area contributed by atoms with Crippen molar-refractivity contribution >= 4 is 5.97 Å². The van der Waals surface area contributed by atoms with Crippen molar-refractivity contribution < 1.29 is 28.5 Å². The molecule has 0 unspecified atom stereocenters. The van der Waals surface area contributed by atoms with Crippen LogP contribution in [0.5, 0.6) is 11.5 Å². The molecular formula is C17H16F2O4. The molecule has 122 valence electrons. The molecule has 0 atom stereocenters. The van der Waals surface area contributed by atoms with Gasteiger partial charge in [0.25, 0.3) is 0 Å². The highest BCUT2D eigenvalue weighted by atomic mass is 19.1. The number of carbonyl (C=O) groups is 1. The van der Waals surface area contributed by atoms with Crippen molar-refractivity contribution in [1.82, 2.24) is 0 Å². The van der Waals surface area contributed by atoms with E-state index in [9.17, 15) is 18.7 Å². The van der Waals surface area contributed by atoms with Gasteiger partial charge in [-0.3, -0.25) is 4.79 Å². The molecule has 4 nitrogen and oxygen atoms in total. The molecular weight excluding hydrogens is 306 g/mol. The minimum absolute atomic E-state index is 0.0243. The topological polar surface area (TPSA) is 66.8 Å². The Bertz CT molecular complexity index is 701. The normalized spacial score (nSPS) is 10.5. The number of ether oxygens (including phenoxy) is 1. The lowest BCUT2D eigenvalue weighted by Crippen LogP contribution is -1.99. The zero-order valence-electron chi connectivity index (χ0n) is 12.3. The van der Waals surface area contributed by atoms with Crippen LogP contribution in [0.3, 0.4) is 0 Å². The fourth-order valence-corrected chi connectivity index (χ4v) is 2.09. The second-order valence-electron chi connectivity index (χ2n) is 5.07. The van der Waals surface area contributed by atoms with E-state index in [-0.39, 0.29) is 24.5 Å². The molecule has 2 aromatic carbocycles. The van der Waals surface area contributed by atoms with E-state index in [0.717, 1.165) is 18.2 Å². The Labute approximate surface area is 132 Å². The van der Waals surface area contributed by atoms with Gasteiger partial charge in [0.1, 0.15) is 18.2 Å². The van der Waals surface area contributed by atoms with Crippen LogP contribution in [0.2, 0.25) is 0 Å². The summed E-state index contributed by atoms with van der Waals surface area (Å²) in [5.41, 5.74) is 1.22. The largest absolute Gasteiger partial charge is 0.508 e. The minimum Gasteiger partial charge on any atom is -0.508 e. The van der Waals surface area contributed by atoms with Crippen molar-refractivity contribution in [2.45, 2.75) is 25.9 Å². The van der Waals surface area contributed by atoms with Crippen LogP contribution in [0.4, 0.5) is 8.78 Å². The zero-order valence-corrected chi connectivity index (χ0v) is 12.3. The van der Waals surface area contributed by atoms with E-state index in [1.54, 1.807) is 12.1 Å². The molecule has 0 saturated carbocycles. The molecule has 0 aliphatic heterocycles. The molecule has 6 heteroatoms. The van der Waals surface area contributed by atoms with Crippen LogP contribution in [-0.2, 0) is 17.8 Å². The van der Waals surface area contributed by atoms with Crippen LogP contribution < -0.4 is 4.74 Å². The molecule has 23 heavy (non-hydrogen) atoms. The van der Waals surface area contributed by atoms with E-state index in [0.29, 0.717) is 24.0 Å². The first kappa shape index (κ1) is 16.7. The lowest BCUT2D eigenvalue weighted by atomic mass is 10.0. The maximum atomic E-state index is 13.4. The second kappa shape index (κ2) is 7.58. The number of benzene rings is 2. The Morgan fingerprint density at radius 1 is 1.13 bits per heavy atom. The molecule has 0 amide bonds. The molecule has 0 aliphatic rings. The molecule has 2 aromatic rings. The van der Waals surface area contributed by atoms with Gasteiger partial charge in [-0.1, -0.05) is 12.1 Å². The maximum absolute atomic E-state index is 13.4. The number of carboxylic acids is 1. The average molecular weight is 322 g/mol. The molecule has 0 aromatic heterocycles. The SMILES string of the molecule is O=C(O)CCCc1ccc(COc2cc(F)ccc2F)cc1O. The molecule has 0 spiro atoms. The Balaban J connectivity index is 1.97. The third-order valence-electron chi connectivity index (χ3n) is 3.27. The summed E-state index contributed by atoms with van der Waals surface area (Å²) in [6.07, 6.45) is 0.897. The van der Waals surface area contributed by atoms with Gasteiger partial charge in [-0.2, -0.15) is 0 Å². The number of rotatable bonds is 7. The van der Waals surface area contributed by atoms with Gasteiger partial charge in [-0.25, -0.2) is 8.78 Å². The Hall–Kier alpha value is -2.63. The molecule has 0 bridgehead atoms. The van der Waals surface area contributed by atoms with Crippen LogP contribution in [0.25, 0.3) is 0 Å². The number of hydrogen-bond donors (Lipinski definition) is 2. The van der Waals surface area contributed by atoms with Gasteiger partial charge in [-0.15, -0.1) is 0 Å². The number of aromatic hydroxyl groups is 1. The van der Waals surface area contributed by atoms with Crippen molar-refractivity contribution in [2.24, 2.45) is 0 Å². The lowest BCUT2D eigenvalue weighted by Gasteiger charge is -2.10. The van der Waals surface area contributed by atoms with Gasteiger partial charge in [0.05, 0.1) is 0 Å². The van der Waals surface area contributed by atoms with E-state index in [2.05, 4.69) is 0 Å². The molecule has 0 fully saturated rings. The Kier molecular flexibility index (Phi) is 5.51. The van der Waals surface area contributed by atoms with Crippen LogP contribution in [0.15, 0.2) is 36.4 Å². The van der Waals surface area contributed by atoms with E-state index in [1.165, 1.54) is 6.07 Å². The Morgan fingerprint density at radius 2 is 1.91 bits per heavy atom. The number of aryl methyl sites for hydroxylation is 1. The van der Waals surface area contributed by atoms with Crippen molar-refractivity contribution in [3.63, 3.8) is 0 Å². The van der Waals surface area contributed by atoms with Crippen LogP contribution in [-0.4, -0.2) is 16.2 Å². The summed E-state index contributed by atoms with van der Waals surface area (Å²) in [6.45, 7) is -0.0245. The molecule has 0 saturated heterocycles. The number of phenols is 1. The van der Waals surface area contributed by atoms with Gasteiger partial charge < -0.3 is 14.9 Å². The van der Waals surface area contributed by atoms with E-state index in [1.807, 2.05) is 0 Å². The lowest BCUT2D eigenvalue weighted by molar-refractivity contribution is -0.137. The summed E-state index contributed by atoms with van der Waals surface area (Å²) < 4.78 is 31.7. The quantitative estimate of drug-likeness (QED) is 0.816. The first-order valence-corrected chi connectivity index (χ1v) is 7.06. The summed E-state index contributed by atoms with van der Waals surface area (Å²) in [4.78, 5) is 10.5. The third kappa shape index (κ3) is 4.95. The summed E-state index contributed by atoms with van der Waals surface area (Å²) in [7, 11) is 0.